The maximum absolute atomic E-state index is 4.79. The summed E-state index contributed by atoms with van der Waals surface area (Å²) in [4.78, 5) is 5.94. The van der Waals surface area contributed by atoms with Gasteiger partial charge in [-0.2, -0.15) is 0 Å². The molecule has 0 amide bonds. The second kappa shape index (κ2) is 3.56. The minimum Gasteiger partial charge on any atom is -0.287 e. The number of fused-ring (bicyclic) bond motifs is 5. The van der Waals surface area contributed by atoms with Crippen molar-refractivity contribution in [2.45, 2.75) is 25.7 Å². The van der Waals surface area contributed by atoms with Crippen molar-refractivity contribution in [3.05, 3.63) is 34.1 Å². The SMILES string of the molecule is Brc1ccc2sc3nc4c(n3c2c1)CCCC4. The molecule has 4 heteroatoms. The van der Waals surface area contributed by atoms with E-state index in [2.05, 4.69) is 38.5 Å². The van der Waals surface area contributed by atoms with Crippen LogP contribution in [0.4, 0.5) is 0 Å². The number of nitrogens with zero attached hydrogens (tertiary/aromatic N) is 2. The zero-order valence-electron chi connectivity index (χ0n) is 9.24. The van der Waals surface area contributed by atoms with Crippen LogP contribution >= 0.6 is 27.3 Å². The fourth-order valence-electron chi connectivity index (χ4n) is 2.68. The van der Waals surface area contributed by atoms with Gasteiger partial charge in [0.05, 0.1) is 15.9 Å². The highest BCUT2D eigenvalue weighted by Gasteiger charge is 2.19. The lowest BCUT2D eigenvalue weighted by molar-refractivity contribution is 0.662. The van der Waals surface area contributed by atoms with E-state index in [9.17, 15) is 0 Å². The van der Waals surface area contributed by atoms with Gasteiger partial charge in [0.2, 0.25) is 0 Å². The van der Waals surface area contributed by atoms with Gasteiger partial charge in [-0.15, -0.1) is 0 Å². The van der Waals surface area contributed by atoms with E-state index in [-0.39, 0.29) is 0 Å². The Labute approximate surface area is 111 Å². The molecule has 1 aliphatic rings. The van der Waals surface area contributed by atoms with Crippen molar-refractivity contribution in [3.63, 3.8) is 0 Å². The Morgan fingerprint density at radius 1 is 1.24 bits per heavy atom. The van der Waals surface area contributed by atoms with Crippen LogP contribution in [0.5, 0.6) is 0 Å². The molecule has 2 heterocycles. The standard InChI is InChI=1S/C13H11BrN2S/c14-8-5-6-12-11(7-8)16-10-4-2-1-3-9(10)15-13(16)17-12/h5-7H,1-4H2. The molecule has 4 rings (SSSR count). The summed E-state index contributed by atoms with van der Waals surface area (Å²) < 4.78 is 4.83. The second-order valence-electron chi connectivity index (χ2n) is 4.54. The Balaban J connectivity index is 2.16. The Hall–Kier alpha value is -0.870. The third-order valence-corrected chi connectivity index (χ3v) is 4.98. The summed E-state index contributed by atoms with van der Waals surface area (Å²) in [6, 6.07) is 6.48. The summed E-state index contributed by atoms with van der Waals surface area (Å²) in [6.07, 6.45) is 4.92. The minimum atomic E-state index is 1.14. The van der Waals surface area contributed by atoms with Crippen molar-refractivity contribution >= 4 is 42.4 Å². The molecule has 0 spiro atoms. The number of rotatable bonds is 0. The summed E-state index contributed by atoms with van der Waals surface area (Å²) in [5.74, 6) is 0. The van der Waals surface area contributed by atoms with Crippen molar-refractivity contribution in [1.29, 1.82) is 0 Å². The van der Waals surface area contributed by atoms with Gasteiger partial charge in [-0.05, 0) is 43.9 Å². The number of hydrogen-bond acceptors (Lipinski definition) is 2. The van der Waals surface area contributed by atoms with Gasteiger partial charge < -0.3 is 0 Å². The topological polar surface area (TPSA) is 17.3 Å². The minimum absolute atomic E-state index is 1.14. The van der Waals surface area contributed by atoms with Crippen LogP contribution < -0.4 is 0 Å². The van der Waals surface area contributed by atoms with Gasteiger partial charge in [0.25, 0.3) is 0 Å². The quantitative estimate of drug-likeness (QED) is 0.609. The van der Waals surface area contributed by atoms with Gasteiger partial charge in [-0.3, -0.25) is 4.40 Å². The maximum Gasteiger partial charge on any atom is 0.195 e. The Morgan fingerprint density at radius 2 is 2.12 bits per heavy atom. The third kappa shape index (κ3) is 1.40. The molecule has 0 atom stereocenters. The molecule has 17 heavy (non-hydrogen) atoms. The molecule has 0 N–H and O–H groups in total. The fraction of sp³-hybridized carbons (Fsp3) is 0.308. The summed E-state index contributed by atoms with van der Waals surface area (Å²) in [7, 11) is 0. The van der Waals surface area contributed by atoms with E-state index in [1.165, 1.54) is 40.9 Å². The molecule has 2 aromatic heterocycles. The van der Waals surface area contributed by atoms with E-state index >= 15 is 0 Å². The highest BCUT2D eigenvalue weighted by molar-refractivity contribution is 9.10. The third-order valence-electron chi connectivity index (χ3n) is 3.47. The molecule has 1 aromatic carbocycles. The van der Waals surface area contributed by atoms with Gasteiger partial charge in [-0.25, -0.2) is 4.98 Å². The Bertz CT molecular complexity index is 726. The molecule has 0 unspecified atom stereocenters. The summed E-state index contributed by atoms with van der Waals surface area (Å²) in [5, 5.41) is 0. The second-order valence-corrected chi connectivity index (χ2v) is 6.47. The van der Waals surface area contributed by atoms with Crippen LogP contribution in [0.25, 0.3) is 15.2 Å². The van der Waals surface area contributed by atoms with Crippen LogP contribution in [-0.2, 0) is 12.8 Å². The first-order valence-electron chi connectivity index (χ1n) is 5.91. The van der Waals surface area contributed by atoms with Crippen molar-refractivity contribution in [2.24, 2.45) is 0 Å². The summed E-state index contributed by atoms with van der Waals surface area (Å²) in [5.41, 5.74) is 4.06. The average molecular weight is 307 g/mol. The zero-order valence-corrected chi connectivity index (χ0v) is 11.6. The van der Waals surface area contributed by atoms with E-state index in [4.69, 9.17) is 4.98 Å². The molecule has 2 nitrogen and oxygen atoms in total. The van der Waals surface area contributed by atoms with Crippen LogP contribution in [0, 0.1) is 0 Å². The molecular weight excluding hydrogens is 296 g/mol. The van der Waals surface area contributed by atoms with Crippen molar-refractivity contribution < 1.29 is 0 Å². The Morgan fingerprint density at radius 3 is 3.06 bits per heavy atom. The number of hydrogen-bond donors (Lipinski definition) is 0. The lowest BCUT2D eigenvalue weighted by Crippen LogP contribution is -2.03. The van der Waals surface area contributed by atoms with Crippen molar-refractivity contribution in [2.75, 3.05) is 0 Å². The predicted octanol–water partition coefficient (Wildman–Crippen LogP) is 4.19. The molecule has 0 saturated heterocycles. The van der Waals surface area contributed by atoms with Crippen molar-refractivity contribution in [3.8, 4) is 0 Å². The average Bonchev–Trinajstić information content (AvgIpc) is 2.84. The van der Waals surface area contributed by atoms with E-state index in [0.717, 1.165) is 15.9 Å². The van der Waals surface area contributed by atoms with Crippen LogP contribution in [0.3, 0.4) is 0 Å². The highest BCUT2D eigenvalue weighted by atomic mass is 79.9. The summed E-state index contributed by atoms with van der Waals surface area (Å²) >= 11 is 5.35. The number of thiazole rings is 1. The largest absolute Gasteiger partial charge is 0.287 e. The first kappa shape index (κ1) is 10.1. The van der Waals surface area contributed by atoms with E-state index in [1.807, 2.05) is 0 Å². The number of benzene rings is 1. The predicted molar refractivity (Wildman–Crippen MR) is 74.9 cm³/mol. The van der Waals surface area contributed by atoms with Gasteiger partial charge in [0, 0.05) is 10.2 Å². The molecule has 0 radical (unpaired) electrons. The van der Waals surface area contributed by atoms with Crippen LogP contribution in [-0.4, -0.2) is 9.38 Å². The molecule has 0 bridgehead atoms. The number of aryl methyl sites for hydroxylation is 2. The van der Waals surface area contributed by atoms with Crippen molar-refractivity contribution in [1.82, 2.24) is 9.38 Å². The van der Waals surface area contributed by atoms with Crippen LogP contribution in [0.2, 0.25) is 0 Å². The van der Waals surface area contributed by atoms with Gasteiger partial charge in [0.15, 0.2) is 4.96 Å². The smallest absolute Gasteiger partial charge is 0.195 e. The molecule has 0 saturated carbocycles. The van der Waals surface area contributed by atoms with Gasteiger partial charge in [0.1, 0.15) is 0 Å². The molecule has 0 fully saturated rings. The maximum atomic E-state index is 4.79. The first-order chi connectivity index (χ1) is 8.33. The number of halogens is 1. The van der Waals surface area contributed by atoms with Crippen LogP contribution in [0.15, 0.2) is 22.7 Å². The first-order valence-corrected chi connectivity index (χ1v) is 7.52. The fourth-order valence-corrected chi connectivity index (χ4v) is 4.07. The lowest BCUT2D eigenvalue weighted by Gasteiger charge is -2.10. The molecule has 0 aliphatic heterocycles. The number of imidazole rings is 1. The van der Waals surface area contributed by atoms with Gasteiger partial charge >= 0.3 is 0 Å². The monoisotopic (exact) mass is 306 g/mol. The lowest BCUT2D eigenvalue weighted by atomic mass is 10.0. The molecule has 3 aromatic rings. The van der Waals surface area contributed by atoms with E-state index < -0.39 is 0 Å². The normalized spacial score (nSPS) is 15.6. The summed E-state index contributed by atoms with van der Waals surface area (Å²) in [6.45, 7) is 0. The number of aromatic nitrogens is 2. The van der Waals surface area contributed by atoms with Gasteiger partial charge in [-0.1, -0.05) is 27.3 Å². The molecule has 86 valence electrons. The van der Waals surface area contributed by atoms with Crippen LogP contribution in [0.1, 0.15) is 24.2 Å². The zero-order chi connectivity index (χ0) is 11.4. The highest BCUT2D eigenvalue weighted by Crippen LogP contribution is 2.33. The van der Waals surface area contributed by atoms with E-state index in [1.54, 1.807) is 11.3 Å². The molecular formula is C13H11BrN2S. The van der Waals surface area contributed by atoms with E-state index in [0.29, 0.717) is 0 Å². The molecule has 1 aliphatic carbocycles. The Kier molecular flexibility index (Phi) is 2.11.